The van der Waals surface area contributed by atoms with E-state index in [0.29, 0.717) is 30.6 Å². The van der Waals surface area contributed by atoms with Crippen LogP contribution in [0, 0.1) is 5.82 Å². The van der Waals surface area contributed by atoms with Crippen molar-refractivity contribution in [2.75, 3.05) is 31.5 Å². The smallest absolute Gasteiger partial charge is 0.320 e. The van der Waals surface area contributed by atoms with Gasteiger partial charge in [-0.15, -0.1) is 0 Å². The molecule has 1 aliphatic heterocycles. The molecule has 2 aromatic rings. The number of nitrogens with one attached hydrogen (secondary N) is 1. The number of carbonyl (C=O) groups excluding carboxylic acids is 1. The first-order valence-electron chi connectivity index (χ1n) is 11.8. The minimum atomic E-state index is -4.84. The summed E-state index contributed by atoms with van der Waals surface area (Å²) in [6, 6.07) is 9.59. The van der Waals surface area contributed by atoms with Crippen LogP contribution in [0.5, 0.6) is 0 Å². The quantitative estimate of drug-likeness (QED) is 0.423. The summed E-state index contributed by atoms with van der Waals surface area (Å²) in [5, 5.41) is 3.23. The Labute approximate surface area is 207 Å². The van der Waals surface area contributed by atoms with Crippen molar-refractivity contribution in [3.05, 3.63) is 70.5 Å². The Kier molecular flexibility index (Phi) is 8.02. The van der Waals surface area contributed by atoms with Gasteiger partial charge < -0.3 is 15.1 Å². The number of benzene rings is 2. The second-order valence-electron chi connectivity index (χ2n) is 9.03. The van der Waals surface area contributed by atoms with Crippen molar-refractivity contribution < 1.29 is 22.4 Å². The summed E-state index contributed by atoms with van der Waals surface area (Å²) >= 11 is 6.13. The number of carbonyl (C=O) groups is 1. The molecule has 2 aromatic carbocycles. The van der Waals surface area contributed by atoms with E-state index < -0.39 is 23.6 Å². The van der Waals surface area contributed by atoms with Gasteiger partial charge >= 0.3 is 12.2 Å². The van der Waals surface area contributed by atoms with Gasteiger partial charge in [0, 0.05) is 29.8 Å². The zero-order valence-corrected chi connectivity index (χ0v) is 20.0. The Morgan fingerprint density at radius 2 is 1.91 bits per heavy atom. The molecule has 1 aliphatic carbocycles. The molecular weight excluding hydrogens is 482 g/mol. The van der Waals surface area contributed by atoms with Crippen molar-refractivity contribution >= 4 is 28.9 Å². The number of amides is 2. The summed E-state index contributed by atoms with van der Waals surface area (Å²) in [5.74, 6) is -1.37. The molecule has 0 radical (unpaired) electrons. The maximum atomic E-state index is 13.7. The van der Waals surface area contributed by atoms with E-state index in [9.17, 15) is 22.4 Å². The van der Waals surface area contributed by atoms with Gasteiger partial charge in [-0.2, -0.15) is 13.2 Å². The predicted octanol–water partition coefficient (Wildman–Crippen LogP) is 7.06. The summed E-state index contributed by atoms with van der Waals surface area (Å²) in [6.07, 6.45) is 1.62. The first kappa shape index (κ1) is 25.5. The normalized spacial score (nSPS) is 18.9. The van der Waals surface area contributed by atoms with E-state index >= 15 is 0 Å². The van der Waals surface area contributed by atoms with Crippen LogP contribution in [-0.4, -0.2) is 48.1 Å². The number of anilines is 1. The Morgan fingerprint density at radius 3 is 2.57 bits per heavy atom. The molecule has 0 bridgehead atoms. The van der Waals surface area contributed by atoms with E-state index in [1.165, 1.54) is 0 Å². The second kappa shape index (κ2) is 11.0. The van der Waals surface area contributed by atoms with Gasteiger partial charge in [0.05, 0.1) is 5.56 Å². The first-order chi connectivity index (χ1) is 16.7. The lowest BCUT2D eigenvalue weighted by Gasteiger charge is -2.35. The molecule has 0 aromatic heterocycles. The van der Waals surface area contributed by atoms with Crippen LogP contribution in [0.1, 0.15) is 43.2 Å². The molecule has 1 heterocycles. The Morgan fingerprint density at radius 1 is 1.14 bits per heavy atom. The first-order valence-corrected chi connectivity index (χ1v) is 12.2. The van der Waals surface area contributed by atoms with E-state index in [4.69, 9.17) is 11.6 Å². The molecule has 1 saturated heterocycles. The van der Waals surface area contributed by atoms with Gasteiger partial charge in [0.2, 0.25) is 0 Å². The number of halogens is 5. The molecule has 188 valence electrons. The van der Waals surface area contributed by atoms with Gasteiger partial charge in [-0.1, -0.05) is 29.8 Å². The van der Waals surface area contributed by atoms with Crippen LogP contribution in [0.15, 0.2) is 48.5 Å². The lowest BCUT2D eigenvalue weighted by atomic mass is 9.90. The minimum absolute atomic E-state index is 0.0825. The largest absolute Gasteiger partial charge is 0.419 e. The van der Waals surface area contributed by atoms with Crippen LogP contribution in [0.3, 0.4) is 0 Å². The van der Waals surface area contributed by atoms with Gasteiger partial charge in [-0.25, -0.2) is 9.18 Å². The van der Waals surface area contributed by atoms with Gasteiger partial charge in [0.1, 0.15) is 5.82 Å². The number of rotatable bonds is 6. The van der Waals surface area contributed by atoms with E-state index in [1.807, 2.05) is 24.3 Å². The Bertz CT molecular complexity index is 1080. The van der Waals surface area contributed by atoms with Crippen molar-refractivity contribution in [3.63, 3.8) is 0 Å². The zero-order chi connectivity index (χ0) is 25.0. The third-order valence-corrected chi connectivity index (χ3v) is 6.89. The highest BCUT2D eigenvalue weighted by Crippen LogP contribution is 2.34. The topological polar surface area (TPSA) is 35.6 Å². The summed E-state index contributed by atoms with van der Waals surface area (Å²) in [5.41, 5.74) is 0.735. The number of allylic oxidation sites excluding steroid dienone is 1. The van der Waals surface area contributed by atoms with E-state index in [2.05, 4.69) is 16.3 Å². The number of likely N-dealkylation sites (tertiary alicyclic amines) is 1. The molecule has 1 unspecified atom stereocenters. The Balaban J connectivity index is 1.50. The minimum Gasteiger partial charge on any atom is -0.320 e. The van der Waals surface area contributed by atoms with Crippen molar-refractivity contribution in [1.29, 1.82) is 0 Å². The highest BCUT2D eigenvalue weighted by Gasteiger charge is 2.35. The number of alkyl halides is 3. The summed E-state index contributed by atoms with van der Waals surface area (Å²) < 4.78 is 53.1. The van der Waals surface area contributed by atoms with Crippen LogP contribution >= 0.6 is 11.6 Å². The van der Waals surface area contributed by atoms with Crippen molar-refractivity contribution in [3.8, 4) is 0 Å². The lowest BCUT2D eigenvalue weighted by molar-refractivity contribution is -0.139. The monoisotopic (exact) mass is 509 g/mol. The number of hydrogen-bond acceptors (Lipinski definition) is 2. The summed E-state index contributed by atoms with van der Waals surface area (Å²) in [6.45, 7) is 3.12. The summed E-state index contributed by atoms with van der Waals surface area (Å²) in [7, 11) is 0. The Hall–Kier alpha value is -2.58. The fourth-order valence-electron chi connectivity index (χ4n) is 4.77. The van der Waals surface area contributed by atoms with Crippen molar-refractivity contribution in [1.82, 2.24) is 9.80 Å². The molecule has 1 fully saturated rings. The van der Waals surface area contributed by atoms with Crippen LogP contribution < -0.4 is 5.32 Å². The molecule has 35 heavy (non-hydrogen) atoms. The maximum absolute atomic E-state index is 13.7. The SMILES string of the molecule is O=C(Nc1ccc(F)c(C(F)(F)F)c1)N(CCN1CCCC1)C1CC=C(c2cccc(Cl)c2)CC1. The van der Waals surface area contributed by atoms with Crippen LogP contribution in [0.25, 0.3) is 5.57 Å². The molecule has 9 heteroatoms. The highest BCUT2D eigenvalue weighted by molar-refractivity contribution is 6.30. The van der Waals surface area contributed by atoms with E-state index in [-0.39, 0.29) is 11.7 Å². The molecule has 1 N–H and O–H groups in total. The second-order valence-corrected chi connectivity index (χ2v) is 9.47. The van der Waals surface area contributed by atoms with Crippen LogP contribution in [-0.2, 0) is 6.18 Å². The van der Waals surface area contributed by atoms with Crippen LogP contribution in [0.2, 0.25) is 5.02 Å². The lowest BCUT2D eigenvalue weighted by Crippen LogP contribution is -2.47. The van der Waals surface area contributed by atoms with Crippen LogP contribution in [0.4, 0.5) is 28.0 Å². The molecule has 2 amide bonds. The van der Waals surface area contributed by atoms with E-state index in [0.717, 1.165) is 62.0 Å². The van der Waals surface area contributed by atoms with Crippen molar-refractivity contribution in [2.45, 2.75) is 44.3 Å². The average molecular weight is 510 g/mol. The molecule has 4 nitrogen and oxygen atoms in total. The van der Waals surface area contributed by atoms with Gasteiger partial charge in [0.15, 0.2) is 0 Å². The van der Waals surface area contributed by atoms with Crippen molar-refractivity contribution in [2.24, 2.45) is 0 Å². The summed E-state index contributed by atoms with van der Waals surface area (Å²) in [4.78, 5) is 17.2. The molecule has 2 aliphatic rings. The molecule has 0 spiro atoms. The highest BCUT2D eigenvalue weighted by atomic mass is 35.5. The standard InChI is InChI=1S/C26H28ClF4N3O/c27-20-5-3-4-19(16-20)18-6-9-22(10-7-18)34(15-14-33-12-1-2-13-33)25(35)32-21-8-11-24(28)23(17-21)26(29,30)31/h3-6,8,11,16-17,22H,1-2,7,9-10,12-15H2,(H,32,35). The fourth-order valence-corrected chi connectivity index (χ4v) is 4.96. The van der Waals surface area contributed by atoms with Gasteiger partial charge in [0.25, 0.3) is 0 Å². The number of hydrogen-bond donors (Lipinski definition) is 1. The van der Waals surface area contributed by atoms with Gasteiger partial charge in [-0.05, 0) is 86.7 Å². The third kappa shape index (κ3) is 6.55. The third-order valence-electron chi connectivity index (χ3n) is 6.66. The molecule has 4 rings (SSSR count). The predicted molar refractivity (Wildman–Crippen MR) is 130 cm³/mol. The molecular formula is C26H28ClF4N3O. The average Bonchev–Trinajstić information content (AvgIpc) is 3.34. The van der Waals surface area contributed by atoms with E-state index in [1.54, 1.807) is 4.90 Å². The zero-order valence-electron chi connectivity index (χ0n) is 19.3. The number of urea groups is 1. The maximum Gasteiger partial charge on any atom is 0.419 e. The number of nitrogens with zero attached hydrogens (tertiary/aromatic N) is 2. The van der Waals surface area contributed by atoms with Gasteiger partial charge in [-0.3, -0.25) is 0 Å². The fraction of sp³-hybridized carbons (Fsp3) is 0.423. The molecule has 0 saturated carbocycles. The molecule has 1 atom stereocenters.